The highest BCUT2D eigenvalue weighted by atomic mass is 35.5. The van der Waals surface area contributed by atoms with E-state index in [1.807, 2.05) is 30.3 Å². The fraction of sp³-hybridized carbons (Fsp3) is 0.320. The number of anilines is 2. The van der Waals surface area contributed by atoms with Crippen molar-refractivity contribution in [3.8, 4) is 0 Å². The van der Waals surface area contributed by atoms with Crippen LogP contribution in [0.2, 0.25) is 5.15 Å². The summed E-state index contributed by atoms with van der Waals surface area (Å²) in [4.78, 5) is 29.3. The number of halogens is 1. The third kappa shape index (κ3) is 5.76. The number of esters is 1. The zero-order valence-electron chi connectivity index (χ0n) is 19.3. The Bertz CT molecular complexity index is 1140. The van der Waals surface area contributed by atoms with E-state index in [9.17, 15) is 9.59 Å². The lowest BCUT2D eigenvalue weighted by molar-refractivity contribution is -0.119. The molecule has 3 aromatic rings. The standard InChI is InChI=1S/C25H28ClN5O3/c1-18-23(24(26)29(2)28-18)25(33)34-17-22(32)27-20-8-10-21(11-9-20)31-14-12-30(13-15-31)16-19-6-4-3-5-7-19/h3-11H,12-17H2,1-2H3,(H,27,32). The maximum atomic E-state index is 12.3. The van der Waals surface area contributed by atoms with E-state index in [0.717, 1.165) is 38.4 Å². The zero-order valence-corrected chi connectivity index (χ0v) is 20.1. The van der Waals surface area contributed by atoms with Crippen LogP contribution < -0.4 is 10.2 Å². The average Bonchev–Trinajstić information content (AvgIpc) is 3.10. The molecule has 1 aliphatic rings. The Balaban J connectivity index is 1.23. The number of ether oxygens (including phenoxy) is 1. The minimum Gasteiger partial charge on any atom is -0.452 e. The summed E-state index contributed by atoms with van der Waals surface area (Å²) in [6.45, 7) is 6.12. The number of hydrogen-bond acceptors (Lipinski definition) is 6. The van der Waals surface area contributed by atoms with Gasteiger partial charge in [0, 0.05) is 51.1 Å². The molecule has 178 valence electrons. The van der Waals surface area contributed by atoms with Crippen LogP contribution in [0.4, 0.5) is 11.4 Å². The molecule has 1 saturated heterocycles. The molecule has 0 spiro atoms. The summed E-state index contributed by atoms with van der Waals surface area (Å²) in [6.07, 6.45) is 0. The highest BCUT2D eigenvalue weighted by molar-refractivity contribution is 6.32. The van der Waals surface area contributed by atoms with Crippen LogP contribution in [-0.4, -0.2) is 59.3 Å². The van der Waals surface area contributed by atoms with Crippen molar-refractivity contribution in [2.24, 2.45) is 7.05 Å². The van der Waals surface area contributed by atoms with Gasteiger partial charge in [-0.05, 0) is 36.8 Å². The summed E-state index contributed by atoms with van der Waals surface area (Å²) in [5.74, 6) is -1.10. The van der Waals surface area contributed by atoms with E-state index in [1.54, 1.807) is 14.0 Å². The Morgan fingerprint density at radius 3 is 2.32 bits per heavy atom. The minimum absolute atomic E-state index is 0.171. The van der Waals surface area contributed by atoms with Crippen LogP contribution >= 0.6 is 11.6 Å². The van der Waals surface area contributed by atoms with Crippen molar-refractivity contribution in [1.82, 2.24) is 14.7 Å². The average molecular weight is 482 g/mol. The smallest absolute Gasteiger partial charge is 0.343 e. The molecule has 0 bridgehead atoms. The van der Waals surface area contributed by atoms with Gasteiger partial charge in [-0.1, -0.05) is 41.9 Å². The molecule has 1 aromatic heterocycles. The summed E-state index contributed by atoms with van der Waals surface area (Å²) >= 11 is 6.07. The third-order valence-electron chi connectivity index (χ3n) is 5.83. The molecule has 1 N–H and O–H groups in total. The first-order chi connectivity index (χ1) is 16.4. The van der Waals surface area contributed by atoms with Crippen LogP contribution in [0.5, 0.6) is 0 Å². The Hall–Kier alpha value is -3.36. The van der Waals surface area contributed by atoms with E-state index in [-0.39, 0.29) is 10.7 Å². The van der Waals surface area contributed by atoms with E-state index in [0.29, 0.717) is 11.4 Å². The molecule has 2 heterocycles. The first-order valence-electron chi connectivity index (χ1n) is 11.2. The van der Waals surface area contributed by atoms with Crippen LogP contribution in [0.15, 0.2) is 54.6 Å². The van der Waals surface area contributed by atoms with Crippen LogP contribution in [0, 0.1) is 6.92 Å². The number of aromatic nitrogens is 2. The molecule has 2 aromatic carbocycles. The second kappa shape index (κ2) is 10.7. The highest BCUT2D eigenvalue weighted by Gasteiger charge is 2.21. The Morgan fingerprint density at radius 2 is 1.71 bits per heavy atom. The number of amides is 1. The van der Waals surface area contributed by atoms with Crippen molar-refractivity contribution >= 4 is 34.9 Å². The molecule has 0 unspecified atom stereocenters. The van der Waals surface area contributed by atoms with Crippen molar-refractivity contribution in [2.45, 2.75) is 13.5 Å². The fourth-order valence-electron chi connectivity index (χ4n) is 4.02. The Kier molecular flexibility index (Phi) is 7.49. The SMILES string of the molecule is Cc1nn(C)c(Cl)c1C(=O)OCC(=O)Nc1ccc(N2CCN(Cc3ccccc3)CC2)cc1. The number of carbonyl (C=O) groups excluding carboxylic acids is 2. The number of rotatable bonds is 7. The van der Waals surface area contributed by atoms with Crippen LogP contribution in [-0.2, 0) is 23.1 Å². The molecule has 0 radical (unpaired) electrons. The molecule has 0 atom stereocenters. The number of carbonyl (C=O) groups is 2. The van der Waals surface area contributed by atoms with E-state index >= 15 is 0 Å². The van der Waals surface area contributed by atoms with Crippen LogP contribution in [0.25, 0.3) is 0 Å². The van der Waals surface area contributed by atoms with Crippen molar-refractivity contribution < 1.29 is 14.3 Å². The topological polar surface area (TPSA) is 79.7 Å². The van der Waals surface area contributed by atoms with Crippen molar-refractivity contribution in [3.63, 3.8) is 0 Å². The first-order valence-corrected chi connectivity index (χ1v) is 11.6. The number of piperazine rings is 1. The Morgan fingerprint density at radius 1 is 1.03 bits per heavy atom. The van der Waals surface area contributed by atoms with Gasteiger partial charge >= 0.3 is 5.97 Å². The van der Waals surface area contributed by atoms with Gasteiger partial charge in [-0.25, -0.2) is 4.79 Å². The molecular formula is C25H28ClN5O3. The molecule has 9 heteroatoms. The lowest BCUT2D eigenvalue weighted by Gasteiger charge is -2.36. The van der Waals surface area contributed by atoms with Gasteiger partial charge in [0.05, 0.1) is 5.69 Å². The normalized spacial score (nSPS) is 14.1. The zero-order chi connectivity index (χ0) is 24.1. The molecule has 4 rings (SSSR count). The maximum Gasteiger partial charge on any atom is 0.343 e. The first kappa shape index (κ1) is 23.8. The fourth-order valence-corrected chi connectivity index (χ4v) is 4.28. The number of nitrogens with zero attached hydrogens (tertiary/aromatic N) is 4. The monoisotopic (exact) mass is 481 g/mol. The predicted molar refractivity (Wildman–Crippen MR) is 132 cm³/mol. The molecule has 1 amide bonds. The molecule has 1 fully saturated rings. The quantitative estimate of drug-likeness (QED) is 0.520. The van der Waals surface area contributed by atoms with Gasteiger partial charge in [-0.3, -0.25) is 14.4 Å². The molecule has 0 saturated carbocycles. The molecule has 34 heavy (non-hydrogen) atoms. The number of nitrogens with one attached hydrogen (secondary N) is 1. The Labute approximate surface area is 204 Å². The van der Waals surface area contributed by atoms with E-state index in [4.69, 9.17) is 16.3 Å². The van der Waals surface area contributed by atoms with Gasteiger partial charge in [-0.15, -0.1) is 0 Å². The van der Waals surface area contributed by atoms with E-state index in [1.165, 1.54) is 10.2 Å². The van der Waals surface area contributed by atoms with E-state index < -0.39 is 18.5 Å². The molecular weight excluding hydrogens is 454 g/mol. The van der Waals surface area contributed by atoms with Gasteiger partial charge < -0.3 is 15.0 Å². The van der Waals surface area contributed by atoms with Crippen molar-refractivity contribution in [1.29, 1.82) is 0 Å². The van der Waals surface area contributed by atoms with Crippen LogP contribution in [0.3, 0.4) is 0 Å². The highest BCUT2D eigenvalue weighted by Crippen LogP contribution is 2.21. The van der Waals surface area contributed by atoms with Gasteiger partial charge in [0.25, 0.3) is 5.91 Å². The summed E-state index contributed by atoms with van der Waals surface area (Å²) in [6, 6.07) is 18.2. The van der Waals surface area contributed by atoms with Crippen molar-refractivity contribution in [3.05, 3.63) is 76.6 Å². The van der Waals surface area contributed by atoms with Gasteiger partial charge in [-0.2, -0.15) is 5.10 Å². The lowest BCUT2D eigenvalue weighted by Crippen LogP contribution is -2.45. The largest absolute Gasteiger partial charge is 0.452 e. The lowest BCUT2D eigenvalue weighted by atomic mass is 10.2. The number of benzene rings is 2. The second-order valence-corrected chi connectivity index (χ2v) is 8.65. The number of aryl methyl sites for hydroxylation is 2. The molecule has 1 aliphatic heterocycles. The van der Waals surface area contributed by atoms with Crippen molar-refractivity contribution in [2.75, 3.05) is 43.0 Å². The second-order valence-electron chi connectivity index (χ2n) is 8.29. The van der Waals surface area contributed by atoms with Crippen LogP contribution in [0.1, 0.15) is 21.6 Å². The van der Waals surface area contributed by atoms with E-state index in [2.05, 4.69) is 44.5 Å². The number of hydrogen-bond donors (Lipinski definition) is 1. The molecule has 8 nitrogen and oxygen atoms in total. The molecule has 0 aliphatic carbocycles. The maximum absolute atomic E-state index is 12.3. The summed E-state index contributed by atoms with van der Waals surface area (Å²) in [5, 5.41) is 7.00. The minimum atomic E-state index is -0.674. The van der Waals surface area contributed by atoms with Gasteiger partial charge in [0.15, 0.2) is 6.61 Å². The summed E-state index contributed by atoms with van der Waals surface area (Å²) in [7, 11) is 1.63. The van der Waals surface area contributed by atoms with Gasteiger partial charge in [0.2, 0.25) is 0 Å². The van der Waals surface area contributed by atoms with Gasteiger partial charge in [0.1, 0.15) is 10.7 Å². The third-order valence-corrected chi connectivity index (χ3v) is 6.26. The summed E-state index contributed by atoms with van der Waals surface area (Å²) in [5.41, 5.74) is 3.72. The predicted octanol–water partition coefficient (Wildman–Crippen LogP) is 3.50. The summed E-state index contributed by atoms with van der Waals surface area (Å²) < 4.78 is 6.49.